The maximum atomic E-state index is 2.37. The van der Waals surface area contributed by atoms with Crippen LogP contribution in [0.25, 0.3) is 84.9 Å². The smallest absolute Gasteiger partial charge is 0.0462 e. The van der Waals surface area contributed by atoms with Gasteiger partial charge in [-0.05, 0) is 93.5 Å². The molecule has 1 nitrogen and oxygen atoms in total. The molecule has 57 heavy (non-hydrogen) atoms. The predicted molar refractivity (Wildman–Crippen MR) is 249 cm³/mol. The molecular formula is C54H35NS2. The van der Waals surface area contributed by atoms with Crippen LogP contribution in [0, 0.1) is 0 Å². The first-order valence-electron chi connectivity index (χ1n) is 19.3. The summed E-state index contributed by atoms with van der Waals surface area (Å²) in [6, 6.07) is 77.3. The van der Waals surface area contributed by atoms with Gasteiger partial charge in [-0.2, -0.15) is 0 Å². The third kappa shape index (κ3) is 5.91. The second-order valence-electron chi connectivity index (χ2n) is 14.5. The molecule has 0 saturated heterocycles. The Labute approximate surface area is 340 Å². The topological polar surface area (TPSA) is 3.24 Å². The molecule has 268 valence electrons. The second kappa shape index (κ2) is 14.1. The van der Waals surface area contributed by atoms with Gasteiger partial charge in [0, 0.05) is 63.0 Å². The second-order valence-corrected chi connectivity index (χ2v) is 16.6. The van der Waals surface area contributed by atoms with E-state index in [-0.39, 0.29) is 0 Å². The number of anilines is 3. The van der Waals surface area contributed by atoms with E-state index in [1.807, 2.05) is 22.7 Å². The molecule has 0 bridgehead atoms. The maximum absolute atomic E-state index is 2.37. The number of benzene rings is 9. The van der Waals surface area contributed by atoms with Crippen LogP contribution in [0.2, 0.25) is 0 Å². The van der Waals surface area contributed by atoms with Gasteiger partial charge in [-0.15, -0.1) is 22.7 Å². The number of nitrogens with zero attached hydrogens (tertiary/aromatic N) is 1. The van der Waals surface area contributed by atoms with Crippen LogP contribution in [0.3, 0.4) is 0 Å². The Morgan fingerprint density at radius 2 is 0.719 bits per heavy atom. The minimum Gasteiger partial charge on any atom is -0.311 e. The summed E-state index contributed by atoms with van der Waals surface area (Å²) in [5, 5.41) is 5.42. The van der Waals surface area contributed by atoms with Gasteiger partial charge in [0.25, 0.3) is 0 Å². The van der Waals surface area contributed by atoms with Crippen molar-refractivity contribution in [3.05, 3.63) is 212 Å². The lowest BCUT2D eigenvalue weighted by molar-refractivity contribution is 1.28. The van der Waals surface area contributed by atoms with E-state index >= 15 is 0 Å². The van der Waals surface area contributed by atoms with Gasteiger partial charge < -0.3 is 4.90 Å². The van der Waals surface area contributed by atoms with E-state index in [1.54, 1.807) is 0 Å². The number of hydrogen-bond acceptors (Lipinski definition) is 3. The highest BCUT2D eigenvalue weighted by Gasteiger charge is 2.20. The van der Waals surface area contributed by atoms with Gasteiger partial charge in [0.1, 0.15) is 0 Å². The summed E-state index contributed by atoms with van der Waals surface area (Å²) in [4.78, 5) is 2.36. The van der Waals surface area contributed by atoms with Crippen LogP contribution >= 0.6 is 22.7 Å². The van der Waals surface area contributed by atoms with Gasteiger partial charge in [0.05, 0.1) is 0 Å². The molecule has 2 aromatic heterocycles. The van der Waals surface area contributed by atoms with Crippen molar-refractivity contribution < 1.29 is 0 Å². The van der Waals surface area contributed by atoms with Crippen molar-refractivity contribution in [2.75, 3.05) is 4.90 Å². The van der Waals surface area contributed by atoms with Crippen LogP contribution in [0.1, 0.15) is 0 Å². The average molecular weight is 762 g/mol. The fourth-order valence-electron chi connectivity index (χ4n) is 8.38. The summed E-state index contributed by atoms with van der Waals surface area (Å²) in [5.74, 6) is 0. The van der Waals surface area contributed by atoms with Crippen molar-refractivity contribution in [1.29, 1.82) is 0 Å². The molecule has 11 rings (SSSR count). The van der Waals surface area contributed by atoms with Crippen molar-refractivity contribution in [3.63, 3.8) is 0 Å². The summed E-state index contributed by atoms with van der Waals surface area (Å²) in [6.45, 7) is 0. The Hall–Kier alpha value is -6.78. The van der Waals surface area contributed by atoms with Gasteiger partial charge in [-0.1, -0.05) is 158 Å². The first-order valence-corrected chi connectivity index (χ1v) is 21.0. The lowest BCUT2D eigenvalue weighted by Crippen LogP contribution is -2.09. The Kier molecular flexibility index (Phi) is 8.28. The van der Waals surface area contributed by atoms with Gasteiger partial charge in [-0.25, -0.2) is 0 Å². The largest absolute Gasteiger partial charge is 0.311 e. The van der Waals surface area contributed by atoms with Gasteiger partial charge in [0.2, 0.25) is 0 Å². The molecule has 2 heterocycles. The monoisotopic (exact) mass is 761 g/mol. The van der Waals surface area contributed by atoms with Gasteiger partial charge >= 0.3 is 0 Å². The van der Waals surface area contributed by atoms with Crippen molar-refractivity contribution in [2.45, 2.75) is 0 Å². The number of fused-ring (bicyclic) bond motifs is 7. The van der Waals surface area contributed by atoms with Crippen LogP contribution in [0.4, 0.5) is 17.1 Å². The molecule has 0 radical (unpaired) electrons. The van der Waals surface area contributed by atoms with Crippen molar-refractivity contribution in [1.82, 2.24) is 0 Å². The Morgan fingerprint density at radius 1 is 0.281 bits per heavy atom. The molecule has 0 aliphatic rings. The number of hydrogen-bond donors (Lipinski definition) is 0. The van der Waals surface area contributed by atoms with Gasteiger partial charge in [-0.3, -0.25) is 0 Å². The van der Waals surface area contributed by atoms with Crippen LogP contribution in [0.15, 0.2) is 212 Å². The van der Waals surface area contributed by atoms with E-state index in [4.69, 9.17) is 0 Å². The maximum Gasteiger partial charge on any atom is 0.0462 e. The van der Waals surface area contributed by atoms with E-state index in [0.717, 1.165) is 17.1 Å². The lowest BCUT2D eigenvalue weighted by atomic mass is 9.92. The van der Waals surface area contributed by atoms with Crippen molar-refractivity contribution >= 4 is 80.1 Å². The summed E-state index contributed by atoms with van der Waals surface area (Å²) < 4.78 is 5.35. The highest BCUT2D eigenvalue weighted by molar-refractivity contribution is 7.28. The highest BCUT2D eigenvalue weighted by atomic mass is 32.1. The van der Waals surface area contributed by atoms with Crippen LogP contribution in [0.5, 0.6) is 0 Å². The zero-order valence-corrected chi connectivity index (χ0v) is 32.6. The fraction of sp³-hybridized carbons (Fsp3) is 0. The normalized spacial score (nSPS) is 11.5. The van der Waals surface area contributed by atoms with Crippen molar-refractivity contribution in [2.24, 2.45) is 0 Å². The molecule has 0 unspecified atom stereocenters. The zero-order chi connectivity index (χ0) is 37.7. The van der Waals surface area contributed by atoms with E-state index in [1.165, 1.54) is 84.9 Å². The first kappa shape index (κ1) is 33.5. The summed E-state index contributed by atoms with van der Waals surface area (Å²) in [6.07, 6.45) is 0. The quantitative estimate of drug-likeness (QED) is 0.156. The minimum absolute atomic E-state index is 1.11. The standard InChI is InChI=1S/C54H35NS2/c1-4-12-36(13-5-1)38-20-26-42(27-21-38)55(43-28-22-39(23-29-43)37-14-6-2-7-15-37)44-30-24-40(25-31-44)45-32-33-47-53-50(57-54(47)51(45)41-16-8-3-9-17-41)35-34-49-52(53)46-18-10-11-19-48(46)56-49/h1-35H. The summed E-state index contributed by atoms with van der Waals surface area (Å²) in [7, 11) is 0. The van der Waals surface area contributed by atoms with Crippen LogP contribution in [-0.2, 0) is 0 Å². The highest BCUT2D eigenvalue weighted by Crippen LogP contribution is 2.49. The van der Waals surface area contributed by atoms with E-state index in [2.05, 4.69) is 217 Å². The van der Waals surface area contributed by atoms with Gasteiger partial charge in [0.15, 0.2) is 0 Å². The Balaban J connectivity index is 1.04. The molecule has 0 N–H and O–H groups in total. The van der Waals surface area contributed by atoms with Crippen LogP contribution < -0.4 is 4.90 Å². The number of rotatable bonds is 7. The zero-order valence-electron chi connectivity index (χ0n) is 31.0. The molecule has 0 fully saturated rings. The third-order valence-corrected chi connectivity index (χ3v) is 13.4. The SMILES string of the molecule is c1ccc(-c2ccc(N(c3ccc(-c4ccccc4)cc3)c3ccc(-c4ccc5c(sc6ccc7sc8ccccc8c7c65)c4-c4ccccc4)cc3)cc2)cc1. The summed E-state index contributed by atoms with van der Waals surface area (Å²) >= 11 is 3.81. The molecule has 0 aliphatic carbocycles. The van der Waals surface area contributed by atoms with Crippen molar-refractivity contribution in [3.8, 4) is 44.5 Å². The number of thiophene rings is 2. The lowest BCUT2D eigenvalue weighted by Gasteiger charge is -2.26. The molecule has 11 aromatic rings. The molecule has 0 spiro atoms. The fourth-order valence-corrected chi connectivity index (χ4v) is 10.8. The first-order chi connectivity index (χ1) is 28.3. The predicted octanol–water partition coefficient (Wildman–Crippen LogP) is 16.6. The molecule has 0 amide bonds. The van der Waals surface area contributed by atoms with E-state index in [9.17, 15) is 0 Å². The average Bonchev–Trinajstić information content (AvgIpc) is 3.86. The summed E-state index contributed by atoms with van der Waals surface area (Å²) in [5.41, 5.74) is 13.1. The third-order valence-electron chi connectivity index (χ3n) is 11.1. The molecule has 3 heteroatoms. The van der Waals surface area contributed by atoms with E-state index in [0.29, 0.717) is 0 Å². The molecule has 9 aromatic carbocycles. The molecule has 0 saturated carbocycles. The molecular weight excluding hydrogens is 727 g/mol. The van der Waals surface area contributed by atoms with Crippen LogP contribution in [-0.4, -0.2) is 0 Å². The van der Waals surface area contributed by atoms with E-state index < -0.39 is 0 Å². The Morgan fingerprint density at radius 3 is 1.28 bits per heavy atom. The molecule has 0 atom stereocenters. The molecule has 0 aliphatic heterocycles. The Bertz CT molecular complexity index is 3100. The minimum atomic E-state index is 1.11.